The summed E-state index contributed by atoms with van der Waals surface area (Å²) in [6.07, 6.45) is 0. The molecule has 0 unspecified atom stereocenters. The van der Waals surface area contributed by atoms with Crippen molar-refractivity contribution in [2.24, 2.45) is 0 Å². The summed E-state index contributed by atoms with van der Waals surface area (Å²) in [5.41, 5.74) is 6.35. The van der Waals surface area contributed by atoms with Gasteiger partial charge in [-0.25, -0.2) is 0 Å². The van der Waals surface area contributed by atoms with Gasteiger partial charge in [-0.1, -0.05) is 48.5 Å². The zero-order valence-electron chi connectivity index (χ0n) is 14.0. The second kappa shape index (κ2) is 7.04. The van der Waals surface area contributed by atoms with Crippen LogP contribution in [0.2, 0.25) is 0 Å². The first-order valence-electron chi connectivity index (χ1n) is 8.06. The molecule has 2 amide bonds. The van der Waals surface area contributed by atoms with E-state index in [1.54, 1.807) is 18.2 Å². The maximum atomic E-state index is 12.2. The third kappa shape index (κ3) is 3.49. The maximum Gasteiger partial charge on any atom is 0.290 e. The van der Waals surface area contributed by atoms with E-state index in [9.17, 15) is 9.59 Å². The number of carbonyl (C=O) groups is 2. The Morgan fingerprint density at radius 1 is 1.00 bits per heavy atom. The SMILES string of the molecule is O=C(Cn1nnc(-c2ccccc2)n1)NNC(=O)c1n[nH]c2ccccc12. The molecule has 0 saturated heterocycles. The Bertz CT molecular complexity index is 1100. The van der Waals surface area contributed by atoms with E-state index in [1.165, 1.54) is 0 Å². The van der Waals surface area contributed by atoms with Crippen molar-refractivity contribution in [2.75, 3.05) is 0 Å². The molecule has 2 heterocycles. The molecule has 10 heteroatoms. The molecule has 4 aromatic rings. The van der Waals surface area contributed by atoms with Gasteiger partial charge in [-0.15, -0.1) is 10.2 Å². The van der Waals surface area contributed by atoms with E-state index in [0.717, 1.165) is 15.9 Å². The quantitative estimate of drug-likeness (QED) is 0.458. The van der Waals surface area contributed by atoms with E-state index >= 15 is 0 Å². The monoisotopic (exact) mass is 362 g/mol. The minimum absolute atomic E-state index is 0.191. The van der Waals surface area contributed by atoms with Crippen LogP contribution in [-0.4, -0.2) is 42.2 Å². The Balaban J connectivity index is 1.36. The molecular formula is C17H14N8O2. The Kier molecular flexibility index (Phi) is 4.27. The minimum atomic E-state index is -0.530. The number of nitrogens with one attached hydrogen (secondary N) is 3. The minimum Gasteiger partial charge on any atom is -0.277 e. The summed E-state index contributed by atoms with van der Waals surface area (Å²) in [5.74, 6) is -0.618. The van der Waals surface area contributed by atoms with Crippen LogP contribution >= 0.6 is 0 Å². The normalized spacial score (nSPS) is 10.7. The van der Waals surface area contributed by atoms with E-state index in [-0.39, 0.29) is 12.2 Å². The van der Waals surface area contributed by atoms with Gasteiger partial charge in [0, 0.05) is 10.9 Å². The zero-order valence-corrected chi connectivity index (χ0v) is 14.0. The number of fused-ring (bicyclic) bond motifs is 1. The smallest absolute Gasteiger partial charge is 0.277 e. The number of nitrogens with zero attached hydrogens (tertiary/aromatic N) is 5. The molecule has 2 aromatic carbocycles. The summed E-state index contributed by atoms with van der Waals surface area (Å²) in [4.78, 5) is 25.4. The first-order chi connectivity index (χ1) is 13.2. The molecule has 0 spiro atoms. The van der Waals surface area contributed by atoms with E-state index < -0.39 is 11.8 Å². The first kappa shape index (κ1) is 16.4. The van der Waals surface area contributed by atoms with Crippen LogP contribution < -0.4 is 10.9 Å². The number of amides is 2. The van der Waals surface area contributed by atoms with Crippen LogP contribution in [0.25, 0.3) is 22.3 Å². The van der Waals surface area contributed by atoms with Crippen molar-refractivity contribution in [2.45, 2.75) is 6.54 Å². The fourth-order valence-electron chi connectivity index (χ4n) is 2.50. The van der Waals surface area contributed by atoms with Crippen molar-refractivity contribution in [3.05, 3.63) is 60.3 Å². The largest absolute Gasteiger partial charge is 0.290 e. The van der Waals surface area contributed by atoms with Crippen molar-refractivity contribution in [3.63, 3.8) is 0 Å². The lowest BCUT2D eigenvalue weighted by atomic mass is 10.2. The second-order valence-electron chi connectivity index (χ2n) is 5.63. The predicted molar refractivity (Wildman–Crippen MR) is 95.0 cm³/mol. The molecule has 0 saturated carbocycles. The average Bonchev–Trinajstić information content (AvgIpc) is 3.34. The van der Waals surface area contributed by atoms with Crippen LogP contribution in [0.3, 0.4) is 0 Å². The third-order valence-corrected chi connectivity index (χ3v) is 3.77. The highest BCUT2D eigenvalue weighted by Crippen LogP contribution is 2.14. The van der Waals surface area contributed by atoms with Crippen molar-refractivity contribution >= 4 is 22.7 Å². The predicted octanol–water partition coefficient (Wildman–Crippen LogP) is 0.678. The topological polar surface area (TPSA) is 130 Å². The molecule has 0 aliphatic heterocycles. The molecule has 10 nitrogen and oxygen atoms in total. The average molecular weight is 362 g/mol. The number of aromatic nitrogens is 6. The number of aromatic amines is 1. The van der Waals surface area contributed by atoms with Crippen LogP contribution in [0.1, 0.15) is 10.5 Å². The molecule has 2 aromatic heterocycles. The highest BCUT2D eigenvalue weighted by Gasteiger charge is 2.15. The van der Waals surface area contributed by atoms with E-state index in [2.05, 4.69) is 36.5 Å². The number of carbonyl (C=O) groups excluding carboxylic acids is 2. The van der Waals surface area contributed by atoms with Crippen LogP contribution in [0, 0.1) is 0 Å². The van der Waals surface area contributed by atoms with Crippen LogP contribution in [-0.2, 0) is 11.3 Å². The Morgan fingerprint density at radius 2 is 1.78 bits per heavy atom. The molecule has 0 fully saturated rings. The number of para-hydroxylation sites is 1. The molecule has 0 aliphatic carbocycles. The molecule has 4 rings (SSSR count). The maximum absolute atomic E-state index is 12.2. The van der Waals surface area contributed by atoms with Crippen LogP contribution in [0.15, 0.2) is 54.6 Å². The Morgan fingerprint density at radius 3 is 2.63 bits per heavy atom. The van der Waals surface area contributed by atoms with E-state index in [4.69, 9.17) is 0 Å². The lowest BCUT2D eigenvalue weighted by molar-refractivity contribution is -0.122. The summed E-state index contributed by atoms with van der Waals surface area (Å²) in [5, 5.41) is 19.3. The van der Waals surface area contributed by atoms with Gasteiger partial charge in [0.15, 0.2) is 5.69 Å². The fraction of sp³-hybridized carbons (Fsp3) is 0.0588. The summed E-state index contributed by atoms with van der Waals surface area (Å²) < 4.78 is 0. The van der Waals surface area contributed by atoms with Gasteiger partial charge in [0.25, 0.3) is 11.8 Å². The summed E-state index contributed by atoms with van der Waals surface area (Å²) in [6, 6.07) is 16.5. The van der Waals surface area contributed by atoms with Crippen molar-refractivity contribution in [3.8, 4) is 11.4 Å². The molecule has 0 atom stereocenters. The molecule has 0 bridgehead atoms. The summed E-state index contributed by atoms with van der Waals surface area (Å²) in [6.45, 7) is -0.193. The van der Waals surface area contributed by atoms with Crippen molar-refractivity contribution in [1.82, 2.24) is 41.3 Å². The Labute approximate surface area is 152 Å². The van der Waals surface area contributed by atoms with Crippen LogP contribution in [0.5, 0.6) is 0 Å². The number of tetrazole rings is 1. The number of hydrogen-bond acceptors (Lipinski definition) is 6. The molecule has 134 valence electrons. The number of hydrazine groups is 1. The van der Waals surface area contributed by atoms with Gasteiger partial charge in [-0.3, -0.25) is 25.5 Å². The number of hydrogen-bond donors (Lipinski definition) is 3. The van der Waals surface area contributed by atoms with E-state index in [1.807, 2.05) is 36.4 Å². The number of H-pyrrole nitrogens is 1. The van der Waals surface area contributed by atoms with Gasteiger partial charge in [-0.2, -0.15) is 9.90 Å². The van der Waals surface area contributed by atoms with Gasteiger partial charge < -0.3 is 0 Å². The number of benzene rings is 2. The highest BCUT2D eigenvalue weighted by atomic mass is 16.2. The second-order valence-corrected chi connectivity index (χ2v) is 5.63. The lowest BCUT2D eigenvalue weighted by Gasteiger charge is -2.05. The Hall–Kier alpha value is -4.08. The standard InChI is InChI=1S/C17H14N8O2/c26-14(10-25-23-16(21-24-25)11-6-2-1-3-7-11)19-22-17(27)15-12-8-4-5-9-13(12)18-20-15/h1-9H,10H2,(H,18,20)(H,19,26)(H,22,27). The zero-order chi connectivity index (χ0) is 18.6. The highest BCUT2D eigenvalue weighted by molar-refractivity contribution is 6.04. The molecule has 3 N–H and O–H groups in total. The summed E-state index contributed by atoms with van der Waals surface area (Å²) >= 11 is 0. The van der Waals surface area contributed by atoms with Gasteiger partial charge in [0.1, 0.15) is 6.54 Å². The molecule has 27 heavy (non-hydrogen) atoms. The van der Waals surface area contributed by atoms with Gasteiger partial charge >= 0.3 is 0 Å². The summed E-state index contributed by atoms with van der Waals surface area (Å²) in [7, 11) is 0. The molecular weight excluding hydrogens is 348 g/mol. The van der Waals surface area contributed by atoms with Gasteiger partial charge in [0.2, 0.25) is 5.82 Å². The van der Waals surface area contributed by atoms with Crippen molar-refractivity contribution < 1.29 is 9.59 Å². The molecule has 0 aliphatic rings. The van der Waals surface area contributed by atoms with Gasteiger partial charge in [-0.05, 0) is 11.3 Å². The first-order valence-corrected chi connectivity index (χ1v) is 8.06. The van der Waals surface area contributed by atoms with Crippen molar-refractivity contribution in [1.29, 1.82) is 0 Å². The molecule has 0 radical (unpaired) electrons. The number of rotatable bonds is 4. The van der Waals surface area contributed by atoms with E-state index in [0.29, 0.717) is 11.2 Å². The lowest BCUT2D eigenvalue weighted by Crippen LogP contribution is -2.43. The fourth-order valence-corrected chi connectivity index (χ4v) is 2.50. The van der Waals surface area contributed by atoms with Gasteiger partial charge in [0.05, 0.1) is 5.52 Å². The van der Waals surface area contributed by atoms with Crippen LogP contribution in [0.4, 0.5) is 0 Å². The third-order valence-electron chi connectivity index (χ3n) is 3.77.